The van der Waals surface area contributed by atoms with Gasteiger partial charge in [0, 0.05) is 62.3 Å². The molecule has 5 aliphatic carbocycles. The first-order valence-corrected chi connectivity index (χ1v) is 28.6. The molecule has 4 heterocycles. The van der Waals surface area contributed by atoms with Crippen LogP contribution in [0.15, 0.2) is 36.9 Å². The lowest BCUT2D eigenvalue weighted by atomic mass is 9.81. The van der Waals surface area contributed by atoms with Crippen molar-refractivity contribution in [1.29, 1.82) is 0 Å². The van der Waals surface area contributed by atoms with Gasteiger partial charge in [-0.05, 0) is 109 Å². The van der Waals surface area contributed by atoms with E-state index in [0.29, 0.717) is 86.7 Å². The molecule has 5 unspecified atom stereocenters. The van der Waals surface area contributed by atoms with Crippen LogP contribution in [0.2, 0.25) is 0 Å². The minimum Gasteiger partial charge on any atom is -0.492 e. The number of carbonyl (C=O) groups excluding carboxylic acids is 5. The third-order valence-corrected chi connectivity index (χ3v) is 19.4. The van der Waals surface area contributed by atoms with Crippen LogP contribution >= 0.6 is 0 Å². The van der Waals surface area contributed by atoms with Gasteiger partial charge in [0.1, 0.15) is 41.2 Å². The summed E-state index contributed by atoms with van der Waals surface area (Å²) in [7, 11) is -4.03. The summed E-state index contributed by atoms with van der Waals surface area (Å²) in [5.41, 5.74) is -0.654. The second kappa shape index (κ2) is 20.2. The van der Waals surface area contributed by atoms with Crippen molar-refractivity contribution in [2.75, 3.05) is 45.9 Å². The Bertz CT molecular complexity index is 2590. The molecule has 3 N–H and O–H groups in total. The molecule has 8 aliphatic rings. The third-order valence-electron chi connectivity index (χ3n) is 17.2. The minimum atomic E-state index is -4.03. The highest BCUT2D eigenvalue weighted by molar-refractivity contribution is 7.91. The monoisotopic (exact) mass is 1030 g/mol. The van der Waals surface area contributed by atoms with Crippen molar-refractivity contribution in [3.63, 3.8) is 0 Å². The lowest BCUT2D eigenvalue weighted by Crippen LogP contribution is -2.59. The van der Waals surface area contributed by atoms with Gasteiger partial charge in [0.25, 0.3) is 5.91 Å². The molecule has 9 atom stereocenters. The molecule has 0 radical (unpaired) electrons. The summed E-state index contributed by atoms with van der Waals surface area (Å²) in [5.74, 6) is -0.513. The number of nitrogens with one attached hydrogen (secondary N) is 3. The Kier molecular flexibility index (Phi) is 14.2. The van der Waals surface area contributed by atoms with Gasteiger partial charge in [0.15, 0.2) is 0 Å². The maximum Gasteiger partial charge on any atom is 0.410 e. The van der Waals surface area contributed by atoms with Crippen molar-refractivity contribution in [2.45, 2.75) is 164 Å². The van der Waals surface area contributed by atoms with E-state index in [0.717, 1.165) is 82.0 Å². The first kappa shape index (κ1) is 51.3. The van der Waals surface area contributed by atoms with E-state index in [1.54, 1.807) is 11.8 Å². The van der Waals surface area contributed by atoms with Crippen molar-refractivity contribution >= 4 is 50.8 Å². The van der Waals surface area contributed by atoms with Gasteiger partial charge in [0.2, 0.25) is 27.7 Å². The quantitative estimate of drug-likeness (QED) is 0.165. The van der Waals surface area contributed by atoms with Crippen LogP contribution in [0.3, 0.4) is 0 Å². The van der Waals surface area contributed by atoms with Crippen LogP contribution in [0.4, 0.5) is 9.59 Å². The number of hydrogen-bond acceptors (Lipinski definition) is 13. The normalized spacial score (nSPS) is 31.4. The molecule has 0 spiro atoms. The van der Waals surface area contributed by atoms with E-state index >= 15 is 4.79 Å². The number of carbonyl (C=O) groups is 5. The summed E-state index contributed by atoms with van der Waals surface area (Å²) in [6, 6.07) is 5.68. The van der Waals surface area contributed by atoms with E-state index < -0.39 is 73.8 Å². The average Bonchev–Trinajstić information content (AvgIpc) is 4.30. The molecule has 3 aliphatic heterocycles. The fraction of sp³-hybridized carbons (Fsp3) is 0.704. The standard InChI is InChI=1S/C54H75N7O11S/c1-6-35-31-54(35,49(64)58-73(67,68)53(5)21-22-53)57-46(62)41-30-36-32-61(41)48(63)43(33-15-8-7-9-16-33)56-50(65)71-45-39-29-34(42(39)45)17-10-11-19-38-44(37-18-12-13-20-40(37)55-47(38)70-36)69-28-14-23-59-24-26-60(27-25-59)51(66)72-52(2,3)4/h6,12-13,18,20,33-36,39,41-43,45H,1,7-11,14-17,19,21-32H2,2-5H3,(H,56,65)(H,57,62)(H,58,64)/t34?,35?,36-,39?,41+,42?,43+,45-,54?/m1/s1. The number of para-hydroxylation sites is 1. The molecule has 18 nitrogen and oxygen atoms in total. The van der Waals surface area contributed by atoms with Crippen LogP contribution in [-0.2, 0) is 40.3 Å². The lowest BCUT2D eigenvalue weighted by Gasteiger charge is -2.35. The average molecular weight is 1030 g/mol. The Labute approximate surface area is 429 Å². The number of piperazine rings is 1. The van der Waals surface area contributed by atoms with Crippen molar-refractivity contribution < 1.29 is 51.3 Å². The van der Waals surface area contributed by atoms with Gasteiger partial charge in [-0.1, -0.05) is 50.3 Å². The highest BCUT2D eigenvalue weighted by atomic mass is 32.2. The molecule has 5 amide bonds. The van der Waals surface area contributed by atoms with Crippen LogP contribution in [0.25, 0.3) is 10.9 Å². The highest BCUT2D eigenvalue weighted by Crippen LogP contribution is 2.63. The Morgan fingerprint density at radius 3 is 2.41 bits per heavy atom. The fourth-order valence-electron chi connectivity index (χ4n) is 12.4. The van der Waals surface area contributed by atoms with Gasteiger partial charge in [-0.3, -0.25) is 24.0 Å². The number of ether oxygens (including phenoxy) is 4. The molecule has 5 saturated carbocycles. The topological polar surface area (TPSA) is 215 Å². The zero-order chi connectivity index (χ0) is 51.5. The van der Waals surface area contributed by atoms with E-state index in [1.807, 2.05) is 45.0 Å². The van der Waals surface area contributed by atoms with Crippen LogP contribution in [0.1, 0.15) is 123 Å². The van der Waals surface area contributed by atoms with Gasteiger partial charge in [-0.2, -0.15) is 0 Å². The maximum atomic E-state index is 15.3. The number of pyridine rings is 1. The Balaban J connectivity index is 0.929. The number of aromatic nitrogens is 1. The van der Waals surface area contributed by atoms with E-state index in [2.05, 4.69) is 26.8 Å². The van der Waals surface area contributed by atoms with Crippen molar-refractivity contribution in [3.8, 4) is 11.6 Å². The number of benzene rings is 1. The first-order chi connectivity index (χ1) is 34.9. The molecule has 73 heavy (non-hydrogen) atoms. The second-order valence-corrected chi connectivity index (χ2v) is 25.7. The van der Waals surface area contributed by atoms with Gasteiger partial charge in [0.05, 0.1) is 29.0 Å². The molecular weight excluding hydrogens is 955 g/mol. The highest BCUT2D eigenvalue weighted by Gasteiger charge is 2.65. The number of rotatable bonds is 12. The summed E-state index contributed by atoms with van der Waals surface area (Å²) in [6.45, 7) is 14.9. The van der Waals surface area contributed by atoms with E-state index in [1.165, 1.54) is 11.0 Å². The second-order valence-electron chi connectivity index (χ2n) is 23.5. The van der Waals surface area contributed by atoms with E-state index in [9.17, 15) is 27.6 Å². The molecular formula is C54H75N7O11S. The SMILES string of the molecule is C=CC1CC1(NC(=O)[C@@H]1C[C@@H]2CN1C(=O)[C@H](C1CCCCC1)NC(=O)O[C@@H]1C3CC(CCCCc4c(nc5ccccc5c4OCCCN4CCN(C(=O)OC(C)(C)C)CC4)O2)C31)C(=O)NS(=O)(=O)C1(C)CC1. The summed E-state index contributed by atoms with van der Waals surface area (Å²) in [4.78, 5) is 81.4. The van der Waals surface area contributed by atoms with Crippen LogP contribution in [0, 0.1) is 29.6 Å². The molecule has 7 fully saturated rings. The fourth-order valence-corrected chi connectivity index (χ4v) is 13.7. The number of amides is 5. The summed E-state index contributed by atoms with van der Waals surface area (Å²) in [6.07, 6.45) is 10.0. The van der Waals surface area contributed by atoms with Crippen molar-refractivity contribution in [2.24, 2.45) is 29.6 Å². The molecule has 19 heteroatoms. The molecule has 2 bridgehead atoms. The molecule has 2 saturated heterocycles. The van der Waals surface area contributed by atoms with Gasteiger partial charge >= 0.3 is 12.2 Å². The number of nitrogens with zero attached hydrogens (tertiary/aromatic N) is 4. The zero-order valence-electron chi connectivity index (χ0n) is 43.0. The van der Waals surface area contributed by atoms with Gasteiger partial charge in [-0.15, -0.1) is 6.58 Å². The number of sulfonamides is 1. The third kappa shape index (κ3) is 10.7. The zero-order valence-corrected chi connectivity index (χ0v) is 43.9. The maximum absolute atomic E-state index is 15.3. The van der Waals surface area contributed by atoms with Gasteiger partial charge in [-0.25, -0.2) is 23.0 Å². The van der Waals surface area contributed by atoms with E-state index in [4.69, 9.17) is 23.9 Å². The minimum absolute atomic E-state index is 0.0204. The number of fused-ring (bicyclic) bond motifs is 5. The summed E-state index contributed by atoms with van der Waals surface area (Å²) < 4.78 is 53.3. The van der Waals surface area contributed by atoms with Crippen LogP contribution in [-0.4, -0.2) is 144 Å². The molecule has 2 aromatic rings. The molecule has 10 rings (SSSR count). The molecule has 1 aromatic heterocycles. The lowest BCUT2D eigenvalue weighted by molar-refractivity contribution is -0.142. The van der Waals surface area contributed by atoms with E-state index in [-0.39, 0.29) is 37.5 Å². The van der Waals surface area contributed by atoms with Crippen molar-refractivity contribution in [3.05, 3.63) is 42.5 Å². The summed E-state index contributed by atoms with van der Waals surface area (Å²) in [5, 5.41) is 6.77. The predicted octanol–water partition coefficient (Wildman–Crippen LogP) is 6.00. The number of alkyl carbamates (subject to hydrolysis) is 1. The Morgan fingerprint density at radius 1 is 0.973 bits per heavy atom. The Morgan fingerprint density at radius 2 is 1.70 bits per heavy atom. The first-order valence-electron chi connectivity index (χ1n) is 27.1. The Hall–Kier alpha value is -5.17. The van der Waals surface area contributed by atoms with Crippen molar-refractivity contribution in [1.82, 2.24) is 35.0 Å². The number of hydrogen-bond donors (Lipinski definition) is 3. The van der Waals surface area contributed by atoms with Gasteiger partial charge < -0.3 is 39.4 Å². The largest absolute Gasteiger partial charge is 0.492 e. The molecule has 1 aromatic carbocycles. The van der Waals surface area contributed by atoms with Crippen LogP contribution in [0.5, 0.6) is 11.6 Å². The van der Waals surface area contributed by atoms with Crippen LogP contribution < -0.4 is 24.8 Å². The molecule has 398 valence electrons. The summed E-state index contributed by atoms with van der Waals surface area (Å²) >= 11 is 0. The smallest absolute Gasteiger partial charge is 0.410 e. The predicted molar refractivity (Wildman–Crippen MR) is 271 cm³/mol.